The molecular formula is C32H38F2N10. The van der Waals surface area contributed by atoms with E-state index in [1.54, 1.807) is 24.7 Å². The Bertz CT molecular complexity index is 1610. The molecule has 2 aromatic carbocycles. The molecule has 0 bridgehead atoms. The van der Waals surface area contributed by atoms with Crippen molar-refractivity contribution in [3.8, 4) is 0 Å². The Morgan fingerprint density at radius 1 is 0.955 bits per heavy atom. The fourth-order valence-corrected chi connectivity index (χ4v) is 6.11. The Morgan fingerprint density at radius 3 is 2.39 bits per heavy atom. The Kier molecular flexibility index (Phi) is 8.91. The molecule has 2 aliphatic heterocycles. The lowest BCUT2D eigenvalue weighted by Crippen LogP contribution is -2.52. The molecule has 0 atom stereocenters. The number of fused-ring (bicyclic) bond motifs is 1. The van der Waals surface area contributed by atoms with E-state index >= 15 is 8.78 Å². The van der Waals surface area contributed by atoms with Crippen LogP contribution < -0.4 is 20.9 Å². The smallest absolute Gasteiger partial charge is 0.229 e. The molecule has 2 saturated heterocycles. The van der Waals surface area contributed by atoms with Crippen molar-refractivity contribution in [2.75, 3.05) is 68.9 Å². The summed E-state index contributed by atoms with van der Waals surface area (Å²) < 4.78 is 30.8. The van der Waals surface area contributed by atoms with Gasteiger partial charge in [-0.15, -0.1) is 0 Å². The summed E-state index contributed by atoms with van der Waals surface area (Å²) in [4.78, 5) is 24.6. The van der Waals surface area contributed by atoms with E-state index in [4.69, 9.17) is 0 Å². The zero-order valence-corrected chi connectivity index (χ0v) is 25.2. The van der Waals surface area contributed by atoms with Crippen LogP contribution in [0.3, 0.4) is 0 Å². The number of nitrogens with zero attached hydrogens (tertiary/aromatic N) is 7. The van der Waals surface area contributed by atoms with Gasteiger partial charge in [0, 0.05) is 92.9 Å². The van der Waals surface area contributed by atoms with Crippen LogP contribution in [-0.2, 0) is 6.54 Å². The van der Waals surface area contributed by atoms with Crippen molar-refractivity contribution in [2.24, 2.45) is 0 Å². The van der Waals surface area contributed by atoms with E-state index in [1.165, 1.54) is 12.1 Å². The SMILES string of the molecule is C=Cc1cnc(Nc2cc(F)c(N3CCC(N4CCN(C)CC4)CC3)c(F)c2)nc1Nc1ccc2nccnc2c1CNC. The average Bonchev–Trinajstić information content (AvgIpc) is 3.03. The Labute approximate surface area is 256 Å². The van der Waals surface area contributed by atoms with E-state index in [2.05, 4.69) is 59.3 Å². The molecule has 12 heteroatoms. The third kappa shape index (κ3) is 6.33. The molecule has 0 unspecified atom stereocenters. The van der Waals surface area contributed by atoms with Gasteiger partial charge in [0.05, 0.1) is 11.0 Å². The zero-order chi connectivity index (χ0) is 30.6. The first kappa shape index (κ1) is 29.8. The van der Waals surface area contributed by atoms with Crippen LogP contribution in [0.25, 0.3) is 17.1 Å². The summed E-state index contributed by atoms with van der Waals surface area (Å²) in [6.07, 6.45) is 8.35. The van der Waals surface area contributed by atoms with Gasteiger partial charge in [-0.25, -0.2) is 13.8 Å². The van der Waals surface area contributed by atoms with Crippen LogP contribution in [0.1, 0.15) is 24.0 Å². The van der Waals surface area contributed by atoms with E-state index in [0.29, 0.717) is 37.1 Å². The second-order valence-corrected chi connectivity index (χ2v) is 11.3. The third-order valence-electron chi connectivity index (χ3n) is 8.50. The number of likely N-dealkylation sites (N-methyl/N-ethyl adjacent to an activating group) is 1. The second kappa shape index (κ2) is 13.2. The molecule has 2 fully saturated rings. The maximum Gasteiger partial charge on any atom is 0.229 e. The molecule has 2 aliphatic rings. The lowest BCUT2D eigenvalue weighted by molar-refractivity contribution is 0.0980. The zero-order valence-electron chi connectivity index (χ0n) is 25.2. The summed E-state index contributed by atoms with van der Waals surface area (Å²) in [7, 11) is 4.01. The summed E-state index contributed by atoms with van der Waals surface area (Å²) in [5.41, 5.74) is 4.18. The lowest BCUT2D eigenvalue weighted by Gasteiger charge is -2.42. The number of hydrogen-bond donors (Lipinski definition) is 3. The van der Waals surface area contributed by atoms with Crippen molar-refractivity contribution in [1.29, 1.82) is 0 Å². The molecule has 10 nitrogen and oxygen atoms in total. The molecule has 4 aromatic rings. The van der Waals surface area contributed by atoms with Crippen LogP contribution in [0, 0.1) is 11.6 Å². The number of nitrogens with one attached hydrogen (secondary N) is 3. The Hall–Kier alpha value is -4.26. The third-order valence-corrected chi connectivity index (χ3v) is 8.50. The number of piperazine rings is 1. The molecule has 0 saturated carbocycles. The van der Waals surface area contributed by atoms with Crippen LogP contribution in [0.4, 0.5) is 37.6 Å². The minimum absolute atomic E-state index is 0.0223. The maximum absolute atomic E-state index is 15.4. The first-order chi connectivity index (χ1) is 21.4. The standard InChI is InChI=1S/C32H38F2N10/c1-4-21-19-38-32(41-31(21)40-27-5-6-28-29(24(27)20-35-2)37-10-9-36-28)39-22-17-25(33)30(26(34)18-22)44-11-7-23(8-12-44)43-15-13-42(3)14-16-43/h4-6,9-10,17-19,23,35H,1,7-8,11-16,20H2,2-3H3,(H2,38,39,40,41). The highest BCUT2D eigenvalue weighted by Gasteiger charge is 2.29. The van der Waals surface area contributed by atoms with Crippen molar-refractivity contribution in [1.82, 2.24) is 35.1 Å². The number of rotatable bonds is 9. The Morgan fingerprint density at radius 2 is 1.68 bits per heavy atom. The van der Waals surface area contributed by atoms with Gasteiger partial charge in [-0.3, -0.25) is 14.9 Å². The minimum Gasteiger partial charge on any atom is -0.367 e. The van der Waals surface area contributed by atoms with E-state index < -0.39 is 11.6 Å². The summed E-state index contributed by atoms with van der Waals surface area (Å²) in [5, 5.41) is 9.53. The first-order valence-corrected chi connectivity index (χ1v) is 15.0. The predicted octanol–water partition coefficient (Wildman–Crippen LogP) is 4.76. The lowest BCUT2D eigenvalue weighted by atomic mass is 10.0. The first-order valence-electron chi connectivity index (χ1n) is 15.0. The number of benzene rings is 2. The van der Waals surface area contributed by atoms with Gasteiger partial charge in [-0.1, -0.05) is 12.7 Å². The molecule has 230 valence electrons. The monoisotopic (exact) mass is 600 g/mol. The van der Waals surface area contributed by atoms with E-state index in [1.807, 2.05) is 24.1 Å². The molecule has 2 aromatic heterocycles. The molecule has 6 rings (SSSR count). The van der Waals surface area contributed by atoms with Crippen LogP contribution >= 0.6 is 0 Å². The summed E-state index contributed by atoms with van der Waals surface area (Å²) in [5.74, 6) is -0.548. The van der Waals surface area contributed by atoms with Gasteiger partial charge < -0.3 is 25.8 Å². The van der Waals surface area contributed by atoms with Crippen LogP contribution in [-0.4, -0.2) is 89.1 Å². The normalized spacial score (nSPS) is 16.8. The van der Waals surface area contributed by atoms with Crippen molar-refractivity contribution in [2.45, 2.75) is 25.4 Å². The number of aromatic nitrogens is 4. The molecule has 0 radical (unpaired) electrons. The highest BCUT2D eigenvalue weighted by molar-refractivity contribution is 5.85. The number of piperidine rings is 1. The summed E-state index contributed by atoms with van der Waals surface area (Å²) >= 11 is 0. The van der Waals surface area contributed by atoms with E-state index in [0.717, 1.165) is 61.3 Å². The fraction of sp³-hybridized carbons (Fsp3) is 0.375. The molecule has 0 amide bonds. The quantitative estimate of drug-likeness (QED) is 0.250. The second-order valence-electron chi connectivity index (χ2n) is 11.3. The predicted molar refractivity (Wildman–Crippen MR) is 172 cm³/mol. The highest BCUT2D eigenvalue weighted by Crippen LogP contribution is 2.32. The fourth-order valence-electron chi connectivity index (χ4n) is 6.11. The van der Waals surface area contributed by atoms with Gasteiger partial charge >= 0.3 is 0 Å². The number of anilines is 5. The topological polar surface area (TPSA) is 97.4 Å². The maximum atomic E-state index is 15.4. The summed E-state index contributed by atoms with van der Waals surface area (Å²) in [6, 6.07) is 6.87. The van der Waals surface area contributed by atoms with Gasteiger partial charge in [0.25, 0.3) is 0 Å². The van der Waals surface area contributed by atoms with Crippen LogP contribution in [0.2, 0.25) is 0 Å². The minimum atomic E-state index is -0.611. The van der Waals surface area contributed by atoms with Gasteiger partial charge in [-0.2, -0.15) is 4.98 Å². The van der Waals surface area contributed by atoms with Crippen LogP contribution in [0.15, 0.2) is 49.4 Å². The van der Waals surface area contributed by atoms with Gasteiger partial charge in [0.2, 0.25) is 5.95 Å². The molecule has 0 aliphatic carbocycles. The Balaban J connectivity index is 1.18. The summed E-state index contributed by atoms with van der Waals surface area (Å²) in [6.45, 7) is 9.89. The molecule has 44 heavy (non-hydrogen) atoms. The van der Waals surface area contributed by atoms with Gasteiger partial charge in [0.15, 0.2) is 11.6 Å². The largest absolute Gasteiger partial charge is 0.367 e. The molecule has 4 heterocycles. The van der Waals surface area contributed by atoms with E-state index in [-0.39, 0.29) is 17.3 Å². The number of halogens is 2. The van der Waals surface area contributed by atoms with Crippen LogP contribution in [0.5, 0.6) is 0 Å². The van der Waals surface area contributed by atoms with Gasteiger partial charge in [0.1, 0.15) is 11.5 Å². The molecule has 3 N–H and O–H groups in total. The van der Waals surface area contributed by atoms with Crippen molar-refractivity contribution < 1.29 is 8.78 Å². The highest BCUT2D eigenvalue weighted by atomic mass is 19.1. The average molecular weight is 601 g/mol. The molecule has 0 spiro atoms. The molecular weight excluding hydrogens is 562 g/mol. The van der Waals surface area contributed by atoms with Crippen molar-refractivity contribution in [3.05, 3.63) is 72.2 Å². The van der Waals surface area contributed by atoms with Crippen molar-refractivity contribution >= 4 is 45.9 Å². The van der Waals surface area contributed by atoms with E-state index in [9.17, 15) is 0 Å². The number of hydrogen-bond acceptors (Lipinski definition) is 10. The van der Waals surface area contributed by atoms with Gasteiger partial charge in [-0.05, 0) is 51.2 Å². The van der Waals surface area contributed by atoms with Crippen molar-refractivity contribution in [3.63, 3.8) is 0 Å².